The summed E-state index contributed by atoms with van der Waals surface area (Å²) < 4.78 is 16.5. The normalized spacial score (nSPS) is 11.1. The van der Waals surface area contributed by atoms with Crippen LogP contribution in [0.25, 0.3) is 22.8 Å². The van der Waals surface area contributed by atoms with E-state index in [0.29, 0.717) is 18.3 Å². The molecule has 1 aromatic heterocycles. The molecule has 0 atom stereocenters. The molecular weight excluding hydrogens is 316 g/mol. The Kier molecular flexibility index (Phi) is 5.14. The Hall–Kier alpha value is -2.66. The smallest absolute Gasteiger partial charge is 0.258 e. The summed E-state index contributed by atoms with van der Waals surface area (Å²) in [5.74, 6) is 1.79. The molecule has 0 spiro atoms. The maximum absolute atomic E-state index is 5.82. The van der Waals surface area contributed by atoms with Crippen molar-refractivity contribution in [2.45, 2.75) is 26.6 Å². The lowest BCUT2D eigenvalue weighted by molar-refractivity contribution is 0.175. The largest absolute Gasteiger partial charge is 0.491 e. The summed E-state index contributed by atoms with van der Waals surface area (Å²) in [6.45, 7) is 8.35. The molecule has 0 fully saturated rings. The van der Waals surface area contributed by atoms with E-state index in [0.717, 1.165) is 28.0 Å². The topological polar surface area (TPSA) is 57.4 Å². The number of rotatable bonds is 6. The van der Waals surface area contributed by atoms with Crippen LogP contribution in [0.15, 0.2) is 47.0 Å². The van der Waals surface area contributed by atoms with Crippen molar-refractivity contribution in [3.05, 3.63) is 60.5 Å². The monoisotopic (exact) mass is 337 g/mol. The second-order valence-corrected chi connectivity index (χ2v) is 6.05. The number of benzene rings is 2. The summed E-state index contributed by atoms with van der Waals surface area (Å²) in [5, 5.41) is 4.07. The first-order valence-electron chi connectivity index (χ1n) is 8.12. The van der Waals surface area contributed by atoms with Crippen LogP contribution in [0, 0.1) is 6.92 Å². The maximum atomic E-state index is 5.82. The van der Waals surface area contributed by atoms with Crippen molar-refractivity contribution in [2.75, 3.05) is 7.11 Å². The third-order valence-corrected chi connectivity index (χ3v) is 3.58. The van der Waals surface area contributed by atoms with Gasteiger partial charge in [0.15, 0.2) is 0 Å². The van der Waals surface area contributed by atoms with Crippen LogP contribution in [0.1, 0.15) is 25.0 Å². The fourth-order valence-corrected chi connectivity index (χ4v) is 2.52. The molecule has 0 N–H and O–H groups in total. The highest BCUT2D eigenvalue weighted by molar-refractivity contribution is 5.62. The predicted molar refractivity (Wildman–Crippen MR) is 96.1 cm³/mol. The minimum atomic E-state index is 0.0893. The van der Waals surface area contributed by atoms with Gasteiger partial charge in [-0.2, -0.15) is 4.98 Å². The van der Waals surface area contributed by atoms with Gasteiger partial charge in [-0.05, 0) is 50.6 Å². The molecule has 0 bridgehead atoms. The molecule has 0 amide bonds. The van der Waals surface area contributed by atoms with Gasteiger partial charge in [0, 0.05) is 23.8 Å². The van der Waals surface area contributed by atoms with Crippen LogP contribution in [0.2, 0.25) is 0 Å². The van der Waals surface area contributed by atoms with Crippen molar-refractivity contribution in [3.8, 4) is 28.6 Å². The van der Waals surface area contributed by atoms with Gasteiger partial charge in [0.1, 0.15) is 5.75 Å². The lowest BCUT2D eigenvalue weighted by atomic mass is 10.1. The highest BCUT2D eigenvalue weighted by Crippen LogP contribution is 2.28. The highest BCUT2D eigenvalue weighted by Gasteiger charge is 2.14. The van der Waals surface area contributed by atoms with Gasteiger partial charge in [-0.3, -0.25) is 0 Å². The van der Waals surface area contributed by atoms with Gasteiger partial charge in [0.05, 0.1) is 12.7 Å². The van der Waals surface area contributed by atoms with Gasteiger partial charge in [-0.1, -0.05) is 23.4 Å². The molecule has 3 rings (SSSR count). The number of aromatic nitrogens is 2. The van der Waals surface area contributed by atoms with E-state index in [1.165, 1.54) is 0 Å². The maximum Gasteiger partial charge on any atom is 0.258 e. The number of methoxy groups -OCH3 is 1. The molecule has 5 heteroatoms. The van der Waals surface area contributed by atoms with Crippen LogP contribution >= 0.6 is 0 Å². The van der Waals surface area contributed by atoms with Crippen molar-refractivity contribution >= 4 is 0 Å². The first-order valence-corrected chi connectivity index (χ1v) is 8.12. The quantitative estimate of drug-likeness (QED) is 0.662. The van der Waals surface area contributed by atoms with Crippen LogP contribution in [0.5, 0.6) is 5.75 Å². The van der Waals surface area contributed by atoms with Crippen molar-refractivity contribution in [1.29, 1.82) is 0 Å². The van der Waals surface area contributed by atoms with E-state index in [2.05, 4.69) is 17.1 Å². The SMILES string of the molecule is [CH2]c1cccc(-c2noc(-c3ccc(OC(C)C)c(COC)c3)n2)c1. The zero-order valence-electron chi connectivity index (χ0n) is 14.7. The third kappa shape index (κ3) is 4.06. The summed E-state index contributed by atoms with van der Waals surface area (Å²) in [5.41, 5.74) is 3.54. The second-order valence-electron chi connectivity index (χ2n) is 6.05. The van der Waals surface area contributed by atoms with Crippen LogP contribution in [0.4, 0.5) is 0 Å². The summed E-state index contributed by atoms with van der Waals surface area (Å²) in [6.07, 6.45) is 0.0893. The molecule has 129 valence electrons. The average molecular weight is 337 g/mol. The molecule has 1 heterocycles. The summed E-state index contributed by atoms with van der Waals surface area (Å²) in [4.78, 5) is 4.50. The predicted octanol–water partition coefficient (Wildman–Crippen LogP) is 4.52. The Balaban J connectivity index is 1.93. The van der Waals surface area contributed by atoms with Crippen molar-refractivity contribution in [3.63, 3.8) is 0 Å². The minimum absolute atomic E-state index is 0.0893. The van der Waals surface area contributed by atoms with Gasteiger partial charge in [0.2, 0.25) is 5.82 Å². The average Bonchev–Trinajstić information content (AvgIpc) is 3.06. The van der Waals surface area contributed by atoms with Gasteiger partial charge >= 0.3 is 0 Å². The zero-order chi connectivity index (χ0) is 17.8. The first kappa shape index (κ1) is 17.2. The highest BCUT2D eigenvalue weighted by atomic mass is 16.5. The van der Waals surface area contributed by atoms with E-state index in [1.54, 1.807) is 7.11 Å². The van der Waals surface area contributed by atoms with Gasteiger partial charge in [-0.25, -0.2) is 0 Å². The fourth-order valence-electron chi connectivity index (χ4n) is 2.52. The summed E-state index contributed by atoms with van der Waals surface area (Å²) in [7, 11) is 1.66. The summed E-state index contributed by atoms with van der Waals surface area (Å²) in [6, 6.07) is 13.5. The molecule has 0 saturated heterocycles. The molecular formula is C20H21N2O3. The molecule has 0 aliphatic rings. The Morgan fingerprint density at radius 2 is 1.96 bits per heavy atom. The number of hydrogen-bond acceptors (Lipinski definition) is 5. The minimum Gasteiger partial charge on any atom is -0.491 e. The van der Waals surface area contributed by atoms with Crippen LogP contribution in [-0.4, -0.2) is 23.4 Å². The first-order chi connectivity index (χ1) is 12.1. The van der Waals surface area contributed by atoms with Gasteiger partial charge in [-0.15, -0.1) is 0 Å². The van der Waals surface area contributed by atoms with Crippen molar-refractivity contribution in [1.82, 2.24) is 10.1 Å². The van der Waals surface area contributed by atoms with Gasteiger partial charge in [0.25, 0.3) is 5.89 Å². The Morgan fingerprint density at radius 1 is 1.12 bits per heavy atom. The van der Waals surface area contributed by atoms with Crippen molar-refractivity contribution < 1.29 is 14.0 Å². The zero-order valence-corrected chi connectivity index (χ0v) is 14.7. The van der Waals surface area contributed by atoms with E-state index in [1.807, 2.05) is 56.3 Å². The Morgan fingerprint density at radius 3 is 2.68 bits per heavy atom. The molecule has 2 aromatic carbocycles. The lowest BCUT2D eigenvalue weighted by Crippen LogP contribution is -2.08. The Labute approximate surface area is 147 Å². The second kappa shape index (κ2) is 7.49. The summed E-state index contributed by atoms with van der Waals surface area (Å²) >= 11 is 0. The van der Waals surface area contributed by atoms with E-state index in [4.69, 9.17) is 14.0 Å². The fraction of sp³-hybridized carbons (Fsp3) is 0.250. The third-order valence-electron chi connectivity index (χ3n) is 3.58. The molecule has 5 nitrogen and oxygen atoms in total. The molecule has 0 aliphatic heterocycles. The van der Waals surface area contributed by atoms with Crippen LogP contribution in [-0.2, 0) is 11.3 Å². The van der Waals surface area contributed by atoms with Gasteiger partial charge < -0.3 is 14.0 Å². The van der Waals surface area contributed by atoms with Crippen LogP contribution < -0.4 is 4.74 Å². The molecule has 0 aliphatic carbocycles. The van der Waals surface area contributed by atoms with E-state index in [-0.39, 0.29) is 6.10 Å². The van der Waals surface area contributed by atoms with Crippen molar-refractivity contribution in [2.24, 2.45) is 0 Å². The molecule has 0 unspecified atom stereocenters. The van der Waals surface area contributed by atoms with Crippen LogP contribution in [0.3, 0.4) is 0 Å². The number of nitrogens with zero attached hydrogens (tertiary/aromatic N) is 2. The number of ether oxygens (including phenoxy) is 2. The lowest BCUT2D eigenvalue weighted by Gasteiger charge is -2.14. The van der Waals surface area contributed by atoms with E-state index < -0.39 is 0 Å². The molecule has 1 radical (unpaired) electrons. The Bertz CT molecular complexity index is 856. The number of hydrogen-bond donors (Lipinski definition) is 0. The standard InChI is InChI=1S/C20H21N2O3/c1-13(2)24-18-9-8-16(11-17(18)12-23-4)20-21-19(22-25-20)15-7-5-6-14(3)10-15/h5-11,13H,3,12H2,1-2,4H3. The molecule has 0 saturated carbocycles. The van der Waals surface area contributed by atoms with E-state index >= 15 is 0 Å². The van der Waals surface area contributed by atoms with E-state index in [9.17, 15) is 0 Å². The molecule has 3 aromatic rings. The molecule has 25 heavy (non-hydrogen) atoms.